The van der Waals surface area contributed by atoms with Gasteiger partial charge in [0.2, 0.25) is 0 Å². The van der Waals surface area contributed by atoms with Crippen molar-refractivity contribution in [3.8, 4) is 0 Å². The normalized spacial score (nSPS) is 13.3. The fraction of sp³-hybridized carbons (Fsp3) is 0.462. The molecule has 3 nitrogen and oxygen atoms in total. The van der Waals surface area contributed by atoms with E-state index in [4.69, 9.17) is 5.11 Å². The Morgan fingerprint density at radius 2 is 2.39 bits per heavy atom. The standard InChI is InChI=1S/C13H19NO2S2/c1-10(9-17-3)14(2)8-12-11(6-7-18-12)4-5-13(15)16/h4-7,10H,8-9H2,1-3H3,(H,15,16)/b5-4+. The van der Waals surface area contributed by atoms with E-state index in [1.165, 1.54) is 11.0 Å². The van der Waals surface area contributed by atoms with Gasteiger partial charge in [-0.3, -0.25) is 4.90 Å². The Hall–Kier alpha value is -0.780. The Labute approximate surface area is 117 Å². The smallest absolute Gasteiger partial charge is 0.328 e. The molecule has 0 bridgehead atoms. The molecule has 1 heterocycles. The van der Waals surface area contributed by atoms with Crippen molar-refractivity contribution in [1.82, 2.24) is 4.90 Å². The molecule has 1 unspecified atom stereocenters. The van der Waals surface area contributed by atoms with Crippen LogP contribution < -0.4 is 0 Å². The van der Waals surface area contributed by atoms with Crippen LogP contribution in [0.3, 0.4) is 0 Å². The van der Waals surface area contributed by atoms with Crippen LogP contribution in [0.2, 0.25) is 0 Å². The summed E-state index contributed by atoms with van der Waals surface area (Å²) in [4.78, 5) is 14.0. The zero-order valence-corrected chi connectivity index (χ0v) is 12.6. The van der Waals surface area contributed by atoms with Crippen molar-refractivity contribution in [3.05, 3.63) is 28.0 Å². The molecule has 0 fully saturated rings. The molecule has 0 aliphatic rings. The molecule has 0 aliphatic heterocycles. The van der Waals surface area contributed by atoms with Crippen LogP contribution in [0, 0.1) is 0 Å². The van der Waals surface area contributed by atoms with Crippen LogP contribution in [0.15, 0.2) is 17.5 Å². The van der Waals surface area contributed by atoms with E-state index in [0.29, 0.717) is 6.04 Å². The van der Waals surface area contributed by atoms with E-state index in [-0.39, 0.29) is 0 Å². The minimum Gasteiger partial charge on any atom is -0.478 e. The van der Waals surface area contributed by atoms with Crippen LogP contribution >= 0.6 is 23.1 Å². The number of carboxylic acids is 1. The maximum Gasteiger partial charge on any atom is 0.328 e. The van der Waals surface area contributed by atoms with Crippen molar-refractivity contribution >= 4 is 35.1 Å². The Balaban J connectivity index is 2.67. The largest absolute Gasteiger partial charge is 0.478 e. The highest BCUT2D eigenvalue weighted by Gasteiger charge is 2.11. The predicted molar refractivity (Wildman–Crippen MR) is 80.3 cm³/mol. The van der Waals surface area contributed by atoms with E-state index < -0.39 is 5.97 Å². The molecule has 1 atom stereocenters. The highest BCUT2D eigenvalue weighted by molar-refractivity contribution is 7.98. The van der Waals surface area contributed by atoms with Gasteiger partial charge in [0.15, 0.2) is 0 Å². The molecule has 1 N–H and O–H groups in total. The van der Waals surface area contributed by atoms with Gasteiger partial charge in [0.1, 0.15) is 0 Å². The Bertz CT molecular complexity index is 415. The van der Waals surface area contributed by atoms with Crippen LogP contribution in [0.4, 0.5) is 0 Å². The van der Waals surface area contributed by atoms with Crippen molar-refractivity contribution in [3.63, 3.8) is 0 Å². The third-order valence-corrected chi connectivity index (χ3v) is 4.48. The van der Waals surface area contributed by atoms with E-state index in [1.807, 2.05) is 23.2 Å². The SMILES string of the molecule is CSCC(C)N(C)Cc1sccc1/C=C/C(=O)O. The van der Waals surface area contributed by atoms with Crippen LogP contribution in [0.1, 0.15) is 17.4 Å². The highest BCUT2D eigenvalue weighted by atomic mass is 32.2. The zero-order valence-electron chi connectivity index (χ0n) is 10.9. The predicted octanol–water partition coefficient (Wildman–Crippen LogP) is 3.03. The van der Waals surface area contributed by atoms with Crippen LogP contribution in [0.25, 0.3) is 6.08 Å². The number of thioether (sulfide) groups is 1. The zero-order chi connectivity index (χ0) is 13.5. The van der Waals surface area contributed by atoms with Crippen LogP contribution in [0.5, 0.6) is 0 Å². The summed E-state index contributed by atoms with van der Waals surface area (Å²) in [5, 5.41) is 10.7. The molecular formula is C13H19NO2S2. The molecule has 1 aromatic heterocycles. The van der Waals surface area contributed by atoms with Crippen molar-refractivity contribution in [2.24, 2.45) is 0 Å². The highest BCUT2D eigenvalue weighted by Crippen LogP contribution is 2.21. The first-order valence-electron chi connectivity index (χ1n) is 5.71. The van der Waals surface area contributed by atoms with Gasteiger partial charge in [-0.2, -0.15) is 11.8 Å². The second kappa shape index (κ2) is 7.61. The third kappa shape index (κ3) is 4.84. The quantitative estimate of drug-likeness (QED) is 0.782. The van der Waals surface area contributed by atoms with E-state index in [1.54, 1.807) is 17.4 Å². The maximum absolute atomic E-state index is 10.5. The Kier molecular flexibility index (Phi) is 6.46. The number of hydrogen-bond donors (Lipinski definition) is 1. The molecule has 18 heavy (non-hydrogen) atoms. The number of hydrogen-bond acceptors (Lipinski definition) is 4. The number of aliphatic carboxylic acids is 1. The van der Waals surface area contributed by atoms with Crippen molar-refractivity contribution in [2.45, 2.75) is 19.5 Å². The van der Waals surface area contributed by atoms with Crippen molar-refractivity contribution in [2.75, 3.05) is 19.1 Å². The minimum absolute atomic E-state index is 0.512. The lowest BCUT2D eigenvalue weighted by atomic mass is 10.2. The summed E-state index contributed by atoms with van der Waals surface area (Å²) in [6.07, 6.45) is 4.97. The lowest BCUT2D eigenvalue weighted by molar-refractivity contribution is -0.131. The lowest BCUT2D eigenvalue weighted by Gasteiger charge is -2.23. The molecule has 1 rings (SSSR count). The fourth-order valence-corrected chi connectivity index (χ4v) is 3.21. The van der Waals surface area contributed by atoms with E-state index in [0.717, 1.165) is 17.9 Å². The van der Waals surface area contributed by atoms with Gasteiger partial charge in [0.25, 0.3) is 0 Å². The van der Waals surface area contributed by atoms with Gasteiger partial charge in [0.05, 0.1) is 0 Å². The Morgan fingerprint density at radius 1 is 1.67 bits per heavy atom. The second-order valence-electron chi connectivity index (χ2n) is 4.19. The molecule has 0 amide bonds. The molecule has 0 spiro atoms. The van der Waals surface area contributed by atoms with Crippen LogP contribution in [-0.4, -0.2) is 41.1 Å². The molecular weight excluding hydrogens is 266 g/mol. The van der Waals surface area contributed by atoms with Crippen molar-refractivity contribution in [1.29, 1.82) is 0 Å². The summed E-state index contributed by atoms with van der Waals surface area (Å²) in [5.74, 6) is 0.193. The summed E-state index contributed by atoms with van der Waals surface area (Å²) < 4.78 is 0. The number of carbonyl (C=O) groups is 1. The molecule has 0 aromatic carbocycles. The molecule has 0 aliphatic carbocycles. The molecule has 0 radical (unpaired) electrons. The third-order valence-electron chi connectivity index (χ3n) is 2.74. The van der Waals surface area contributed by atoms with E-state index in [9.17, 15) is 4.79 Å². The number of nitrogens with zero attached hydrogens (tertiary/aromatic N) is 1. The van der Waals surface area contributed by atoms with Gasteiger partial charge in [0, 0.05) is 29.3 Å². The van der Waals surface area contributed by atoms with Gasteiger partial charge in [-0.25, -0.2) is 4.79 Å². The van der Waals surface area contributed by atoms with E-state index in [2.05, 4.69) is 25.1 Å². The van der Waals surface area contributed by atoms with E-state index >= 15 is 0 Å². The van der Waals surface area contributed by atoms with Gasteiger partial charge < -0.3 is 5.11 Å². The summed E-state index contributed by atoms with van der Waals surface area (Å²) in [6, 6.07) is 2.48. The number of thiophene rings is 1. The molecule has 0 saturated carbocycles. The monoisotopic (exact) mass is 285 g/mol. The summed E-state index contributed by atoms with van der Waals surface area (Å²) in [5.41, 5.74) is 1.01. The number of rotatable bonds is 7. The Morgan fingerprint density at radius 3 is 3.00 bits per heavy atom. The average Bonchev–Trinajstić information content (AvgIpc) is 2.74. The molecule has 5 heteroatoms. The van der Waals surface area contributed by atoms with Crippen molar-refractivity contribution < 1.29 is 9.90 Å². The second-order valence-corrected chi connectivity index (χ2v) is 6.10. The molecule has 1 aromatic rings. The first-order chi connectivity index (χ1) is 8.54. The van der Waals surface area contributed by atoms with Gasteiger partial charge in [-0.05, 0) is 43.3 Å². The lowest BCUT2D eigenvalue weighted by Crippen LogP contribution is -2.30. The average molecular weight is 285 g/mol. The first-order valence-corrected chi connectivity index (χ1v) is 7.98. The maximum atomic E-state index is 10.5. The molecule has 0 saturated heterocycles. The topological polar surface area (TPSA) is 40.5 Å². The van der Waals surface area contributed by atoms with Gasteiger partial charge in [-0.15, -0.1) is 11.3 Å². The minimum atomic E-state index is -0.906. The summed E-state index contributed by atoms with van der Waals surface area (Å²) in [6.45, 7) is 3.07. The molecule has 100 valence electrons. The number of carboxylic acid groups (broad SMARTS) is 1. The first kappa shape index (κ1) is 15.3. The summed E-state index contributed by atoms with van der Waals surface area (Å²) >= 11 is 3.51. The fourth-order valence-electron chi connectivity index (χ4n) is 1.54. The van der Waals surface area contributed by atoms with Crippen LogP contribution in [-0.2, 0) is 11.3 Å². The summed E-state index contributed by atoms with van der Waals surface area (Å²) in [7, 11) is 2.10. The van der Waals surface area contributed by atoms with Gasteiger partial charge >= 0.3 is 5.97 Å². The van der Waals surface area contributed by atoms with Gasteiger partial charge in [-0.1, -0.05) is 0 Å².